The third-order valence-corrected chi connectivity index (χ3v) is 3.64. The SMILES string of the molecule is CCN(CC)CCNC(C)(CO)c1ccc(F)cc1. The average molecular weight is 268 g/mol. The molecule has 1 rings (SSSR count). The van der Waals surface area contributed by atoms with Crippen molar-refractivity contribution < 1.29 is 9.50 Å². The van der Waals surface area contributed by atoms with E-state index in [-0.39, 0.29) is 12.4 Å². The predicted octanol–water partition coefficient (Wildman–Crippen LogP) is 1.96. The molecule has 19 heavy (non-hydrogen) atoms. The van der Waals surface area contributed by atoms with Crippen molar-refractivity contribution in [1.29, 1.82) is 0 Å². The van der Waals surface area contributed by atoms with Crippen molar-refractivity contribution in [1.82, 2.24) is 10.2 Å². The lowest BCUT2D eigenvalue weighted by Crippen LogP contribution is -2.46. The first-order valence-corrected chi connectivity index (χ1v) is 6.90. The molecule has 0 aliphatic rings. The third kappa shape index (κ3) is 4.56. The fourth-order valence-corrected chi connectivity index (χ4v) is 2.10. The number of aliphatic hydroxyl groups is 1. The minimum Gasteiger partial charge on any atom is -0.394 e. The zero-order chi connectivity index (χ0) is 14.3. The van der Waals surface area contributed by atoms with Crippen LogP contribution in [-0.2, 0) is 5.54 Å². The van der Waals surface area contributed by atoms with Crippen LogP contribution in [0.4, 0.5) is 4.39 Å². The first-order valence-electron chi connectivity index (χ1n) is 6.90. The zero-order valence-corrected chi connectivity index (χ0v) is 12.1. The zero-order valence-electron chi connectivity index (χ0n) is 12.1. The Kier molecular flexibility index (Phi) is 6.42. The Morgan fingerprint density at radius 2 is 1.79 bits per heavy atom. The monoisotopic (exact) mass is 268 g/mol. The van der Waals surface area contributed by atoms with Gasteiger partial charge in [-0.15, -0.1) is 0 Å². The highest BCUT2D eigenvalue weighted by Gasteiger charge is 2.24. The maximum Gasteiger partial charge on any atom is 0.123 e. The van der Waals surface area contributed by atoms with Gasteiger partial charge in [0.15, 0.2) is 0 Å². The second kappa shape index (κ2) is 7.58. The summed E-state index contributed by atoms with van der Waals surface area (Å²) in [6.07, 6.45) is 0. The molecule has 0 fully saturated rings. The molecule has 0 spiro atoms. The molecular formula is C15H25FN2O. The molecule has 1 atom stereocenters. The summed E-state index contributed by atoms with van der Waals surface area (Å²) in [5.74, 6) is -0.257. The number of hydrogen-bond acceptors (Lipinski definition) is 3. The van der Waals surface area contributed by atoms with Crippen LogP contribution in [0.2, 0.25) is 0 Å². The number of nitrogens with zero attached hydrogens (tertiary/aromatic N) is 1. The van der Waals surface area contributed by atoms with Crippen molar-refractivity contribution in [3.05, 3.63) is 35.6 Å². The lowest BCUT2D eigenvalue weighted by molar-refractivity contribution is 0.168. The highest BCUT2D eigenvalue weighted by molar-refractivity contribution is 5.24. The summed E-state index contributed by atoms with van der Waals surface area (Å²) in [5.41, 5.74) is 0.372. The molecule has 0 saturated carbocycles. The summed E-state index contributed by atoms with van der Waals surface area (Å²) in [7, 11) is 0. The maximum absolute atomic E-state index is 12.9. The summed E-state index contributed by atoms with van der Waals surface area (Å²) in [4.78, 5) is 2.31. The minimum atomic E-state index is -0.527. The normalized spacial score (nSPS) is 14.6. The van der Waals surface area contributed by atoms with Gasteiger partial charge in [0, 0.05) is 13.1 Å². The highest BCUT2D eigenvalue weighted by Crippen LogP contribution is 2.20. The Labute approximate surface area is 115 Å². The molecule has 4 heteroatoms. The molecule has 0 aliphatic heterocycles. The Morgan fingerprint density at radius 1 is 1.21 bits per heavy atom. The van der Waals surface area contributed by atoms with Crippen LogP contribution < -0.4 is 5.32 Å². The number of aliphatic hydroxyl groups excluding tert-OH is 1. The predicted molar refractivity (Wildman–Crippen MR) is 76.6 cm³/mol. The molecule has 3 nitrogen and oxygen atoms in total. The van der Waals surface area contributed by atoms with E-state index in [0.717, 1.165) is 31.7 Å². The maximum atomic E-state index is 12.9. The molecule has 1 unspecified atom stereocenters. The van der Waals surface area contributed by atoms with E-state index < -0.39 is 5.54 Å². The van der Waals surface area contributed by atoms with Gasteiger partial charge in [0.2, 0.25) is 0 Å². The van der Waals surface area contributed by atoms with Gasteiger partial charge in [-0.25, -0.2) is 4.39 Å². The van der Waals surface area contributed by atoms with Crippen LogP contribution in [0, 0.1) is 5.82 Å². The van der Waals surface area contributed by atoms with Crippen LogP contribution >= 0.6 is 0 Å². The van der Waals surface area contributed by atoms with Crippen LogP contribution in [0.1, 0.15) is 26.3 Å². The van der Waals surface area contributed by atoms with Crippen LogP contribution in [0.15, 0.2) is 24.3 Å². The first kappa shape index (κ1) is 16.1. The number of nitrogens with one attached hydrogen (secondary N) is 1. The highest BCUT2D eigenvalue weighted by atomic mass is 19.1. The summed E-state index contributed by atoms with van der Waals surface area (Å²) in [5, 5.41) is 13.0. The van der Waals surface area contributed by atoms with E-state index in [9.17, 15) is 9.50 Å². The van der Waals surface area contributed by atoms with E-state index in [1.807, 2.05) is 6.92 Å². The second-order valence-electron chi connectivity index (χ2n) is 4.95. The molecule has 2 N–H and O–H groups in total. The number of likely N-dealkylation sites (N-methyl/N-ethyl adjacent to an activating group) is 1. The van der Waals surface area contributed by atoms with Gasteiger partial charge in [-0.3, -0.25) is 0 Å². The first-order chi connectivity index (χ1) is 9.05. The fraction of sp³-hybridized carbons (Fsp3) is 0.600. The number of halogens is 1. The van der Waals surface area contributed by atoms with E-state index in [0.29, 0.717) is 0 Å². The van der Waals surface area contributed by atoms with E-state index >= 15 is 0 Å². The standard InChI is InChI=1S/C15H25FN2O/c1-4-18(5-2)11-10-17-15(3,12-19)13-6-8-14(16)9-7-13/h6-9,17,19H,4-5,10-12H2,1-3H3. The van der Waals surface area contributed by atoms with Gasteiger partial charge < -0.3 is 15.3 Å². The minimum absolute atomic E-state index is 0.0170. The average Bonchev–Trinajstić information content (AvgIpc) is 2.44. The van der Waals surface area contributed by atoms with E-state index in [1.165, 1.54) is 12.1 Å². The molecule has 108 valence electrons. The van der Waals surface area contributed by atoms with E-state index in [1.54, 1.807) is 12.1 Å². The number of benzene rings is 1. The van der Waals surface area contributed by atoms with Gasteiger partial charge in [0.25, 0.3) is 0 Å². The molecule has 1 aromatic rings. The quantitative estimate of drug-likeness (QED) is 0.756. The van der Waals surface area contributed by atoms with Gasteiger partial charge in [-0.05, 0) is 37.7 Å². The second-order valence-corrected chi connectivity index (χ2v) is 4.95. The van der Waals surface area contributed by atoms with Crippen molar-refractivity contribution in [3.63, 3.8) is 0 Å². The van der Waals surface area contributed by atoms with Crippen molar-refractivity contribution in [2.24, 2.45) is 0 Å². The van der Waals surface area contributed by atoms with Crippen molar-refractivity contribution in [2.75, 3.05) is 32.8 Å². The van der Waals surface area contributed by atoms with Gasteiger partial charge in [-0.2, -0.15) is 0 Å². The van der Waals surface area contributed by atoms with Crippen molar-refractivity contribution in [2.45, 2.75) is 26.3 Å². The molecule has 0 amide bonds. The molecule has 0 heterocycles. The molecule has 0 saturated heterocycles. The number of hydrogen-bond donors (Lipinski definition) is 2. The lowest BCUT2D eigenvalue weighted by Gasteiger charge is -2.31. The lowest BCUT2D eigenvalue weighted by atomic mass is 9.93. The Hall–Kier alpha value is -0.970. The number of rotatable bonds is 8. The molecule has 0 aromatic heterocycles. The van der Waals surface area contributed by atoms with Gasteiger partial charge in [0.1, 0.15) is 5.82 Å². The van der Waals surface area contributed by atoms with Crippen molar-refractivity contribution in [3.8, 4) is 0 Å². The molecular weight excluding hydrogens is 243 g/mol. The van der Waals surface area contributed by atoms with Gasteiger partial charge in [0.05, 0.1) is 12.1 Å². The van der Waals surface area contributed by atoms with Crippen LogP contribution in [0.25, 0.3) is 0 Å². The van der Waals surface area contributed by atoms with Gasteiger partial charge >= 0.3 is 0 Å². The van der Waals surface area contributed by atoms with E-state index in [2.05, 4.69) is 24.1 Å². The Morgan fingerprint density at radius 3 is 2.26 bits per heavy atom. The van der Waals surface area contributed by atoms with Crippen molar-refractivity contribution >= 4 is 0 Å². The van der Waals surface area contributed by atoms with Crippen LogP contribution in [0.3, 0.4) is 0 Å². The summed E-state index contributed by atoms with van der Waals surface area (Å²) >= 11 is 0. The summed E-state index contributed by atoms with van der Waals surface area (Å²) in [6.45, 7) is 9.94. The third-order valence-electron chi connectivity index (χ3n) is 3.64. The smallest absolute Gasteiger partial charge is 0.123 e. The topological polar surface area (TPSA) is 35.5 Å². The van der Waals surface area contributed by atoms with Crippen LogP contribution in [-0.4, -0.2) is 42.8 Å². The van der Waals surface area contributed by atoms with Crippen LogP contribution in [0.5, 0.6) is 0 Å². The largest absolute Gasteiger partial charge is 0.394 e. The molecule has 0 aliphatic carbocycles. The Bertz CT molecular complexity index is 365. The molecule has 0 radical (unpaired) electrons. The summed E-state index contributed by atoms with van der Waals surface area (Å²) in [6, 6.07) is 6.29. The van der Waals surface area contributed by atoms with Gasteiger partial charge in [-0.1, -0.05) is 26.0 Å². The fourth-order valence-electron chi connectivity index (χ4n) is 2.10. The van der Waals surface area contributed by atoms with E-state index in [4.69, 9.17) is 0 Å². The molecule has 1 aromatic carbocycles. The summed E-state index contributed by atoms with van der Waals surface area (Å²) < 4.78 is 12.9. The molecule has 0 bridgehead atoms. The Balaban J connectivity index is 2.62.